The van der Waals surface area contributed by atoms with Crippen LogP contribution in [-0.4, -0.2) is 98.3 Å². The van der Waals surface area contributed by atoms with Crippen LogP contribution in [-0.2, 0) is 32.7 Å². The maximum absolute atomic E-state index is 12.8. The average Bonchev–Trinajstić information content (AvgIpc) is 3.19. The summed E-state index contributed by atoms with van der Waals surface area (Å²) in [5.41, 5.74) is 0. The summed E-state index contributed by atoms with van der Waals surface area (Å²) in [7, 11) is -5.12. The first-order chi connectivity index (χ1) is 27.4. The van der Waals surface area contributed by atoms with E-state index in [2.05, 4.69) is 62.5 Å². The van der Waals surface area contributed by atoms with Gasteiger partial charge in [0.25, 0.3) is 0 Å². The number of carbonyl (C=O) groups is 2. The Morgan fingerprint density at radius 3 is 1.54 bits per heavy atom. The number of hydrogen-bond acceptors (Lipinski definition) is 12. The second-order valence-corrected chi connectivity index (χ2v) is 16.2. The molecule has 0 aromatic rings. The topological polar surface area (TPSA) is 210 Å². The first-order valence-corrected chi connectivity index (χ1v) is 22.9. The van der Waals surface area contributed by atoms with E-state index in [1.54, 1.807) is 0 Å². The fraction of sp³-hybridized carbons (Fsp3) is 0.767. The molecule has 6 atom stereocenters. The number of unbranched alkanes of at least 4 members (excludes halogenated alkanes) is 14. The summed E-state index contributed by atoms with van der Waals surface area (Å²) in [5, 5.41) is 50.0. The molecule has 13 nitrogen and oxygen atoms in total. The molecular weight excluding hydrogens is 755 g/mol. The molecule has 1 aliphatic carbocycles. The molecule has 1 rings (SSSR count). The first-order valence-electron chi connectivity index (χ1n) is 21.4. The number of ether oxygens (including phenoxy) is 2. The molecule has 57 heavy (non-hydrogen) atoms. The molecule has 0 aromatic carbocycles. The van der Waals surface area contributed by atoms with E-state index < -0.39 is 75.7 Å². The van der Waals surface area contributed by atoms with Crippen molar-refractivity contribution in [1.82, 2.24) is 0 Å². The van der Waals surface area contributed by atoms with Crippen molar-refractivity contribution in [3.05, 3.63) is 48.6 Å². The normalized spacial score (nSPS) is 23.2. The van der Waals surface area contributed by atoms with Gasteiger partial charge in [-0.25, -0.2) is 4.57 Å². The summed E-state index contributed by atoms with van der Waals surface area (Å²) in [5.74, 6) is -1.13. The van der Waals surface area contributed by atoms with Crippen LogP contribution in [0.3, 0.4) is 0 Å². The maximum atomic E-state index is 12.8. The molecule has 0 saturated heterocycles. The Hall–Kier alpha value is -2.19. The van der Waals surface area contributed by atoms with Crippen molar-refractivity contribution in [2.45, 2.75) is 198 Å². The minimum Gasteiger partial charge on any atom is -0.462 e. The molecule has 0 aliphatic heterocycles. The third-order valence-electron chi connectivity index (χ3n) is 9.65. The Balaban J connectivity index is 2.52. The van der Waals surface area contributed by atoms with E-state index in [4.69, 9.17) is 18.5 Å². The van der Waals surface area contributed by atoms with Crippen molar-refractivity contribution < 1.29 is 63.1 Å². The van der Waals surface area contributed by atoms with Crippen LogP contribution in [0.2, 0.25) is 0 Å². The van der Waals surface area contributed by atoms with Crippen LogP contribution < -0.4 is 0 Å². The second-order valence-electron chi connectivity index (χ2n) is 14.8. The highest BCUT2D eigenvalue weighted by atomic mass is 31.2. The first kappa shape index (κ1) is 52.8. The number of hydrogen-bond donors (Lipinski definition) is 6. The van der Waals surface area contributed by atoms with Gasteiger partial charge in [0.2, 0.25) is 0 Å². The summed E-state index contributed by atoms with van der Waals surface area (Å²) >= 11 is 0. The summed E-state index contributed by atoms with van der Waals surface area (Å²) in [6.07, 6.45) is 24.6. The number of rotatable bonds is 34. The van der Waals surface area contributed by atoms with Crippen molar-refractivity contribution in [3.8, 4) is 0 Å². The summed E-state index contributed by atoms with van der Waals surface area (Å²) in [6, 6.07) is 0. The van der Waals surface area contributed by atoms with Gasteiger partial charge in [-0.1, -0.05) is 120 Å². The number of carbonyl (C=O) groups excluding carboxylic acids is 2. The Bertz CT molecular complexity index is 1190. The molecule has 0 bridgehead atoms. The lowest BCUT2D eigenvalue weighted by Crippen LogP contribution is -2.64. The van der Waals surface area contributed by atoms with Crippen LogP contribution in [0.5, 0.6) is 0 Å². The van der Waals surface area contributed by atoms with Crippen LogP contribution in [0.15, 0.2) is 48.6 Å². The Labute approximate surface area is 341 Å². The summed E-state index contributed by atoms with van der Waals surface area (Å²) in [4.78, 5) is 35.6. The number of phosphoric acid groups is 1. The molecule has 0 heterocycles. The van der Waals surface area contributed by atoms with E-state index in [1.165, 1.54) is 25.7 Å². The Kier molecular flexibility index (Phi) is 31.2. The fourth-order valence-electron chi connectivity index (χ4n) is 6.18. The van der Waals surface area contributed by atoms with Gasteiger partial charge in [0.15, 0.2) is 6.10 Å². The van der Waals surface area contributed by atoms with Gasteiger partial charge in [-0.15, -0.1) is 0 Å². The number of allylic oxidation sites excluding steroid dienone is 8. The zero-order chi connectivity index (χ0) is 42.2. The molecule has 330 valence electrons. The van der Waals surface area contributed by atoms with Crippen molar-refractivity contribution in [1.29, 1.82) is 0 Å². The molecule has 1 fully saturated rings. The largest absolute Gasteiger partial charge is 0.472 e. The molecular formula is C43H75O13P. The van der Waals surface area contributed by atoms with Gasteiger partial charge in [-0.2, -0.15) is 0 Å². The zero-order valence-corrected chi connectivity index (χ0v) is 35.5. The predicted octanol–water partition coefficient (Wildman–Crippen LogP) is 7.61. The smallest absolute Gasteiger partial charge is 0.462 e. The Morgan fingerprint density at radius 2 is 1.00 bits per heavy atom. The molecule has 1 saturated carbocycles. The van der Waals surface area contributed by atoms with Gasteiger partial charge >= 0.3 is 19.8 Å². The quantitative estimate of drug-likeness (QED) is 0.0160. The van der Waals surface area contributed by atoms with E-state index in [9.17, 15) is 44.6 Å². The molecule has 0 radical (unpaired) electrons. The number of phosphoric ester groups is 1. The number of aliphatic hydroxyl groups excluding tert-OH is 5. The van der Waals surface area contributed by atoms with E-state index in [1.807, 2.05) is 0 Å². The lowest BCUT2D eigenvalue weighted by Gasteiger charge is -2.41. The minimum absolute atomic E-state index is 0.0741. The molecule has 1 aliphatic rings. The molecule has 6 N–H and O–H groups in total. The lowest BCUT2D eigenvalue weighted by molar-refractivity contribution is -0.220. The highest BCUT2D eigenvalue weighted by Crippen LogP contribution is 2.47. The standard InChI is InChI=1S/C43H75O13P/c1-3-5-7-9-11-13-15-17-18-20-22-24-26-28-30-32-37(45)55-35(34-54-57(51,52)56-43-41(49)39(47)38(46)40(48)42(43)50)33-53-36(44)31-29-27-25-23-21-19-16-14-12-10-8-6-4-2/h5,7,11,13-14,16-18,35,38-43,46-50H,3-4,6,8-10,12,15,19-34H2,1-2H3,(H,51,52)/b7-5-,13-11-,16-14-,18-17-. The number of esters is 2. The SMILES string of the molecule is CC/C=C\C/C=C\C/C=C\CCCCCCCC(=O)OC(COC(=O)CCCCCCC/C=C\CCCCCC)COP(=O)(O)OC1C(O)C(O)C(O)C(O)C1O. The summed E-state index contributed by atoms with van der Waals surface area (Å²) < 4.78 is 33.4. The predicted molar refractivity (Wildman–Crippen MR) is 221 cm³/mol. The minimum atomic E-state index is -5.12. The molecule has 0 aromatic heterocycles. The van der Waals surface area contributed by atoms with Crippen LogP contribution in [0, 0.1) is 0 Å². The highest BCUT2D eigenvalue weighted by Gasteiger charge is 2.51. The van der Waals surface area contributed by atoms with E-state index in [-0.39, 0.29) is 12.8 Å². The van der Waals surface area contributed by atoms with Gasteiger partial charge in [-0.05, 0) is 70.6 Å². The van der Waals surface area contributed by atoms with Crippen molar-refractivity contribution in [2.75, 3.05) is 13.2 Å². The van der Waals surface area contributed by atoms with E-state index in [0.717, 1.165) is 89.9 Å². The van der Waals surface area contributed by atoms with Gasteiger partial charge < -0.3 is 39.9 Å². The van der Waals surface area contributed by atoms with Crippen LogP contribution in [0.4, 0.5) is 0 Å². The third-order valence-corrected chi connectivity index (χ3v) is 10.6. The lowest BCUT2D eigenvalue weighted by atomic mass is 9.85. The van der Waals surface area contributed by atoms with Crippen molar-refractivity contribution >= 4 is 19.8 Å². The fourth-order valence-corrected chi connectivity index (χ4v) is 7.15. The van der Waals surface area contributed by atoms with Crippen LogP contribution in [0.25, 0.3) is 0 Å². The Morgan fingerprint density at radius 1 is 0.561 bits per heavy atom. The average molecular weight is 831 g/mol. The molecule has 0 spiro atoms. The van der Waals surface area contributed by atoms with Crippen molar-refractivity contribution in [3.63, 3.8) is 0 Å². The molecule has 0 amide bonds. The number of aliphatic hydroxyl groups is 5. The molecule has 6 unspecified atom stereocenters. The zero-order valence-electron chi connectivity index (χ0n) is 34.6. The maximum Gasteiger partial charge on any atom is 0.472 e. The van der Waals surface area contributed by atoms with Gasteiger partial charge in [0.1, 0.15) is 43.2 Å². The van der Waals surface area contributed by atoms with Gasteiger partial charge in [-0.3, -0.25) is 18.6 Å². The van der Waals surface area contributed by atoms with Crippen LogP contribution in [0.1, 0.15) is 155 Å². The monoisotopic (exact) mass is 830 g/mol. The highest BCUT2D eigenvalue weighted by molar-refractivity contribution is 7.47. The summed E-state index contributed by atoms with van der Waals surface area (Å²) in [6.45, 7) is 3.13. The third kappa shape index (κ3) is 26.5. The van der Waals surface area contributed by atoms with E-state index >= 15 is 0 Å². The van der Waals surface area contributed by atoms with Crippen molar-refractivity contribution in [2.24, 2.45) is 0 Å². The van der Waals surface area contributed by atoms with E-state index in [0.29, 0.717) is 12.8 Å². The van der Waals surface area contributed by atoms with Gasteiger partial charge in [0.05, 0.1) is 6.61 Å². The second kappa shape index (κ2) is 33.6. The van der Waals surface area contributed by atoms with Crippen LogP contribution >= 0.6 is 7.82 Å². The molecule has 14 heteroatoms. The van der Waals surface area contributed by atoms with Gasteiger partial charge in [0, 0.05) is 12.8 Å².